The average Bonchev–Trinajstić information content (AvgIpc) is 2.05. The van der Waals surface area contributed by atoms with Crippen molar-refractivity contribution in [1.29, 1.82) is 0 Å². The van der Waals surface area contributed by atoms with Crippen LogP contribution in [-0.4, -0.2) is 29.8 Å². The van der Waals surface area contributed by atoms with E-state index in [4.69, 9.17) is 5.73 Å². The highest BCUT2D eigenvalue weighted by Crippen LogP contribution is 2.15. The number of carbonyl (C=O) groups excluding carboxylic acids is 2. The molecule has 1 saturated heterocycles. The van der Waals surface area contributed by atoms with Gasteiger partial charge >= 0.3 is 6.03 Å². The molecule has 12 heavy (non-hydrogen) atoms. The molecule has 1 aliphatic rings. The second kappa shape index (κ2) is 3.56. The Morgan fingerprint density at radius 3 is 2.92 bits per heavy atom. The van der Waals surface area contributed by atoms with Gasteiger partial charge in [0, 0.05) is 25.4 Å². The van der Waals surface area contributed by atoms with E-state index in [0.717, 1.165) is 6.42 Å². The molecular formula is C8H14N2O2. The molecule has 4 heteroatoms. The summed E-state index contributed by atoms with van der Waals surface area (Å²) >= 11 is 0. The van der Waals surface area contributed by atoms with Crippen molar-refractivity contribution >= 4 is 11.8 Å². The fourth-order valence-electron chi connectivity index (χ4n) is 1.47. The first kappa shape index (κ1) is 9.03. The second-order valence-corrected chi connectivity index (χ2v) is 3.11. The van der Waals surface area contributed by atoms with Crippen LogP contribution < -0.4 is 5.73 Å². The SMILES string of the molecule is CCC1CN(C(N)=O)CCC1=O. The van der Waals surface area contributed by atoms with Gasteiger partial charge in [-0.05, 0) is 6.42 Å². The molecule has 0 aliphatic carbocycles. The Hall–Kier alpha value is -1.06. The third-order valence-corrected chi connectivity index (χ3v) is 2.33. The van der Waals surface area contributed by atoms with Gasteiger partial charge in [0.25, 0.3) is 0 Å². The summed E-state index contributed by atoms with van der Waals surface area (Å²) in [6.07, 6.45) is 1.25. The van der Waals surface area contributed by atoms with Crippen LogP contribution >= 0.6 is 0 Å². The van der Waals surface area contributed by atoms with Crippen LogP contribution in [0, 0.1) is 5.92 Å². The van der Waals surface area contributed by atoms with Crippen molar-refractivity contribution in [3.8, 4) is 0 Å². The lowest BCUT2D eigenvalue weighted by molar-refractivity contribution is -0.125. The molecule has 0 bridgehead atoms. The molecule has 0 aromatic rings. The number of urea groups is 1. The van der Waals surface area contributed by atoms with E-state index in [1.165, 1.54) is 4.90 Å². The monoisotopic (exact) mass is 170 g/mol. The molecule has 1 fully saturated rings. The number of hydrogen-bond donors (Lipinski definition) is 1. The van der Waals surface area contributed by atoms with Crippen molar-refractivity contribution < 1.29 is 9.59 Å². The van der Waals surface area contributed by atoms with Crippen molar-refractivity contribution in [3.63, 3.8) is 0 Å². The fraction of sp³-hybridized carbons (Fsp3) is 0.750. The van der Waals surface area contributed by atoms with E-state index < -0.39 is 6.03 Å². The van der Waals surface area contributed by atoms with Gasteiger partial charge in [-0.1, -0.05) is 6.92 Å². The second-order valence-electron chi connectivity index (χ2n) is 3.11. The minimum absolute atomic E-state index is 0.00579. The van der Waals surface area contributed by atoms with Gasteiger partial charge in [-0.25, -0.2) is 4.79 Å². The van der Waals surface area contributed by atoms with Gasteiger partial charge < -0.3 is 10.6 Å². The average molecular weight is 170 g/mol. The summed E-state index contributed by atoms with van der Waals surface area (Å²) < 4.78 is 0. The number of rotatable bonds is 1. The third-order valence-electron chi connectivity index (χ3n) is 2.33. The zero-order chi connectivity index (χ0) is 9.14. The minimum atomic E-state index is -0.416. The topological polar surface area (TPSA) is 63.4 Å². The first-order chi connectivity index (χ1) is 5.65. The molecule has 1 rings (SSSR count). The van der Waals surface area contributed by atoms with E-state index in [9.17, 15) is 9.59 Å². The number of primary amides is 1. The molecular weight excluding hydrogens is 156 g/mol. The summed E-state index contributed by atoms with van der Waals surface area (Å²) in [6, 6.07) is -0.416. The number of nitrogens with two attached hydrogens (primary N) is 1. The zero-order valence-corrected chi connectivity index (χ0v) is 7.25. The van der Waals surface area contributed by atoms with Gasteiger partial charge in [-0.3, -0.25) is 4.79 Å². The smallest absolute Gasteiger partial charge is 0.314 e. The molecule has 0 spiro atoms. The molecule has 4 nitrogen and oxygen atoms in total. The maximum atomic E-state index is 11.2. The fourth-order valence-corrected chi connectivity index (χ4v) is 1.47. The summed E-state index contributed by atoms with van der Waals surface area (Å²) in [5.41, 5.74) is 5.11. The van der Waals surface area contributed by atoms with Crippen LogP contribution in [0.15, 0.2) is 0 Å². The number of hydrogen-bond acceptors (Lipinski definition) is 2. The van der Waals surface area contributed by atoms with Crippen molar-refractivity contribution in [2.75, 3.05) is 13.1 Å². The first-order valence-electron chi connectivity index (χ1n) is 4.22. The van der Waals surface area contributed by atoms with E-state index in [-0.39, 0.29) is 11.7 Å². The highest BCUT2D eigenvalue weighted by atomic mass is 16.2. The Balaban J connectivity index is 2.55. The van der Waals surface area contributed by atoms with Crippen molar-refractivity contribution in [3.05, 3.63) is 0 Å². The lowest BCUT2D eigenvalue weighted by Crippen LogP contribution is -2.46. The van der Waals surface area contributed by atoms with E-state index in [1.807, 2.05) is 6.92 Å². The number of Topliss-reactive ketones (excluding diaryl/α,β-unsaturated/α-hetero) is 1. The number of amides is 2. The Bertz CT molecular complexity index is 203. The molecule has 2 amide bonds. The maximum absolute atomic E-state index is 11.2. The Labute approximate surface area is 71.7 Å². The standard InChI is InChI=1S/C8H14N2O2/c1-2-6-5-10(8(9)12)4-3-7(6)11/h6H,2-5H2,1H3,(H2,9,12). The van der Waals surface area contributed by atoms with Crippen LogP contribution in [0.25, 0.3) is 0 Å². The van der Waals surface area contributed by atoms with Crippen LogP contribution in [0.2, 0.25) is 0 Å². The first-order valence-corrected chi connectivity index (χ1v) is 4.22. The Morgan fingerprint density at radius 1 is 1.75 bits per heavy atom. The van der Waals surface area contributed by atoms with E-state index in [1.54, 1.807) is 0 Å². The molecule has 1 atom stereocenters. The number of carbonyl (C=O) groups is 2. The largest absolute Gasteiger partial charge is 0.351 e. The normalized spacial score (nSPS) is 24.2. The molecule has 2 N–H and O–H groups in total. The lowest BCUT2D eigenvalue weighted by atomic mass is 9.94. The van der Waals surface area contributed by atoms with Crippen LogP contribution in [0.1, 0.15) is 19.8 Å². The van der Waals surface area contributed by atoms with Crippen molar-refractivity contribution in [1.82, 2.24) is 4.90 Å². The quantitative estimate of drug-likeness (QED) is 0.617. The van der Waals surface area contributed by atoms with E-state index in [0.29, 0.717) is 19.5 Å². The molecule has 0 aromatic heterocycles. The highest BCUT2D eigenvalue weighted by Gasteiger charge is 2.26. The van der Waals surface area contributed by atoms with Gasteiger partial charge in [-0.2, -0.15) is 0 Å². The van der Waals surface area contributed by atoms with E-state index >= 15 is 0 Å². The van der Waals surface area contributed by atoms with Crippen molar-refractivity contribution in [2.45, 2.75) is 19.8 Å². The molecule has 68 valence electrons. The maximum Gasteiger partial charge on any atom is 0.314 e. The predicted molar refractivity (Wildman–Crippen MR) is 44.6 cm³/mol. The Kier molecular flexibility index (Phi) is 2.68. The Morgan fingerprint density at radius 2 is 2.42 bits per heavy atom. The van der Waals surface area contributed by atoms with Crippen LogP contribution in [-0.2, 0) is 4.79 Å². The van der Waals surface area contributed by atoms with Gasteiger partial charge in [0.2, 0.25) is 0 Å². The lowest BCUT2D eigenvalue weighted by Gasteiger charge is -2.29. The van der Waals surface area contributed by atoms with Gasteiger partial charge in [0.1, 0.15) is 5.78 Å². The minimum Gasteiger partial charge on any atom is -0.351 e. The van der Waals surface area contributed by atoms with E-state index in [2.05, 4.69) is 0 Å². The summed E-state index contributed by atoms with van der Waals surface area (Å²) in [5, 5.41) is 0. The summed E-state index contributed by atoms with van der Waals surface area (Å²) in [4.78, 5) is 23.5. The number of piperidine rings is 1. The molecule has 0 aromatic carbocycles. The van der Waals surface area contributed by atoms with Crippen LogP contribution in [0.5, 0.6) is 0 Å². The summed E-state index contributed by atoms with van der Waals surface area (Å²) in [7, 11) is 0. The van der Waals surface area contributed by atoms with Crippen LogP contribution in [0.4, 0.5) is 4.79 Å². The number of likely N-dealkylation sites (tertiary alicyclic amines) is 1. The molecule has 0 radical (unpaired) electrons. The highest BCUT2D eigenvalue weighted by molar-refractivity contribution is 5.84. The van der Waals surface area contributed by atoms with Crippen molar-refractivity contribution in [2.24, 2.45) is 11.7 Å². The predicted octanol–water partition coefficient (Wildman–Crippen LogP) is 0.366. The molecule has 1 heterocycles. The molecule has 1 aliphatic heterocycles. The molecule has 1 unspecified atom stereocenters. The number of nitrogens with zero attached hydrogens (tertiary/aromatic N) is 1. The summed E-state index contributed by atoms with van der Waals surface area (Å²) in [6.45, 7) is 2.95. The van der Waals surface area contributed by atoms with Gasteiger partial charge in [0.15, 0.2) is 0 Å². The van der Waals surface area contributed by atoms with Gasteiger partial charge in [0.05, 0.1) is 0 Å². The molecule has 0 saturated carbocycles. The summed E-state index contributed by atoms with van der Waals surface area (Å²) in [5.74, 6) is 0.265. The zero-order valence-electron chi connectivity index (χ0n) is 7.25. The third kappa shape index (κ3) is 1.75. The van der Waals surface area contributed by atoms with Crippen LogP contribution in [0.3, 0.4) is 0 Å². The van der Waals surface area contributed by atoms with Gasteiger partial charge in [-0.15, -0.1) is 0 Å². The number of ketones is 1.